The first kappa shape index (κ1) is 46.0. The first-order valence-electron chi connectivity index (χ1n) is 19.1. The molecule has 6 aromatic rings. The molecule has 0 bridgehead atoms. The summed E-state index contributed by atoms with van der Waals surface area (Å²) < 4.78 is 111. The molecule has 4 aliphatic heterocycles. The van der Waals surface area contributed by atoms with Crippen molar-refractivity contribution in [1.82, 2.24) is 0 Å². The van der Waals surface area contributed by atoms with Gasteiger partial charge in [0, 0.05) is 71.9 Å². The number of phenols is 1. The van der Waals surface area contributed by atoms with Crippen LogP contribution in [0.3, 0.4) is 0 Å². The highest BCUT2D eigenvalue weighted by atomic mass is 35.5. The SMILES string of the molecule is COCOc1cc2c(cc1Cl)C1(OC(=O)c3ccccc31)c1cc(Cl)c(O)cc1O2.COCOc1cc2c(cc1Cl)C1(OC(=O)c3ccccc31)c1cc(Cl)c(OS(=O)(=O)C(F)(F)F)cc1O2. The second-order valence-corrected chi connectivity index (χ2v) is 17.8. The van der Waals surface area contributed by atoms with E-state index in [2.05, 4.69) is 4.18 Å². The molecule has 0 amide bonds. The van der Waals surface area contributed by atoms with Gasteiger partial charge >= 0.3 is 27.6 Å². The molecule has 22 heteroatoms. The molecule has 2 spiro atoms. The van der Waals surface area contributed by atoms with Crippen LogP contribution >= 0.6 is 46.4 Å². The summed E-state index contributed by atoms with van der Waals surface area (Å²) in [6, 6.07) is 24.5. The number of benzene rings is 6. The number of hydrogen-bond acceptors (Lipinski definition) is 14. The van der Waals surface area contributed by atoms with Crippen molar-refractivity contribution in [2.24, 2.45) is 0 Å². The van der Waals surface area contributed by atoms with Gasteiger partial charge in [-0.05, 0) is 36.4 Å². The minimum Gasteiger partial charge on any atom is -0.506 e. The topological polar surface area (TPSA) is 172 Å². The minimum absolute atomic E-state index is 0.00550. The summed E-state index contributed by atoms with van der Waals surface area (Å²) in [6.07, 6.45) is 0. The zero-order chi connectivity index (χ0) is 47.8. The molecule has 0 aromatic heterocycles. The van der Waals surface area contributed by atoms with E-state index >= 15 is 0 Å². The van der Waals surface area contributed by atoms with Crippen LogP contribution in [0.5, 0.6) is 46.0 Å². The van der Waals surface area contributed by atoms with Crippen LogP contribution in [0.1, 0.15) is 54.1 Å². The Balaban J connectivity index is 0.000000171. The Hall–Kier alpha value is -6.12. The van der Waals surface area contributed by atoms with Crippen molar-refractivity contribution in [3.8, 4) is 46.0 Å². The monoisotopic (exact) mass is 1020 g/mol. The van der Waals surface area contributed by atoms with Crippen LogP contribution in [0.15, 0.2) is 97.1 Å². The molecule has 14 nitrogen and oxygen atoms in total. The Bertz CT molecular complexity index is 3190. The first-order valence-corrected chi connectivity index (χ1v) is 22.1. The summed E-state index contributed by atoms with van der Waals surface area (Å²) in [5, 5.41) is 10.1. The maximum absolute atomic E-state index is 12.9. The first-order chi connectivity index (χ1) is 31.8. The number of hydrogen-bond donors (Lipinski definition) is 1. The summed E-state index contributed by atoms with van der Waals surface area (Å²) >= 11 is 25.3. The highest BCUT2D eigenvalue weighted by Gasteiger charge is 2.56. The van der Waals surface area contributed by atoms with E-state index in [0.717, 1.165) is 12.1 Å². The fraction of sp³-hybridized carbons (Fsp3) is 0.156. The van der Waals surface area contributed by atoms with Crippen molar-refractivity contribution in [2.75, 3.05) is 27.8 Å². The molecule has 346 valence electrons. The third-order valence-electron chi connectivity index (χ3n) is 10.8. The Kier molecular flexibility index (Phi) is 11.6. The largest absolute Gasteiger partial charge is 0.534 e. The summed E-state index contributed by atoms with van der Waals surface area (Å²) in [7, 11) is -3.16. The Morgan fingerprint density at radius 2 is 0.940 bits per heavy atom. The molecule has 0 saturated heterocycles. The van der Waals surface area contributed by atoms with Gasteiger partial charge in [-0.3, -0.25) is 0 Å². The fourth-order valence-electron chi connectivity index (χ4n) is 8.04. The standard InChI is InChI=1S/C23H13Cl2F3O8S.C22H14Cl2O6/c1-32-10-33-19-8-17-13(6-15(19)24)22(12-5-3-2-4-11(12)21(29)35-22)14-7-16(25)20(9-18(14)34-17)36-37(30,31)23(26,27)28;1-27-10-28-20-9-19-14(7-16(20)24)22(12-5-3-2-4-11(12)21(26)30-22)13-6-15(23)17(25)8-18(13)29-19/h2-9H,10H2,1H3;2-9,25H,10H2,1H3. The van der Waals surface area contributed by atoms with Gasteiger partial charge in [0.25, 0.3) is 0 Å². The van der Waals surface area contributed by atoms with Crippen LogP contribution in [0, 0.1) is 0 Å². The third-order valence-corrected chi connectivity index (χ3v) is 13.0. The van der Waals surface area contributed by atoms with Gasteiger partial charge in [0.05, 0.1) is 31.2 Å². The van der Waals surface area contributed by atoms with Crippen LogP contribution in [0.4, 0.5) is 13.2 Å². The number of alkyl halides is 3. The summed E-state index contributed by atoms with van der Waals surface area (Å²) in [6.45, 7) is -0.171. The number of fused-ring (bicyclic) bond motifs is 12. The van der Waals surface area contributed by atoms with Crippen molar-refractivity contribution in [1.29, 1.82) is 0 Å². The van der Waals surface area contributed by atoms with Crippen molar-refractivity contribution in [2.45, 2.75) is 16.7 Å². The molecule has 0 aliphatic carbocycles. The average molecular weight is 1020 g/mol. The Labute approximate surface area is 397 Å². The van der Waals surface area contributed by atoms with Crippen molar-refractivity contribution < 1.29 is 78.4 Å². The predicted molar refractivity (Wildman–Crippen MR) is 232 cm³/mol. The highest BCUT2D eigenvalue weighted by Crippen LogP contribution is 2.60. The molecule has 4 heterocycles. The van der Waals surface area contributed by atoms with E-state index in [1.807, 2.05) is 12.1 Å². The predicted octanol–water partition coefficient (Wildman–Crippen LogP) is 11.0. The van der Waals surface area contributed by atoms with Crippen molar-refractivity contribution >= 4 is 68.5 Å². The number of aromatic hydroxyl groups is 1. The second kappa shape index (κ2) is 16.9. The summed E-state index contributed by atoms with van der Waals surface area (Å²) in [5.41, 5.74) is -5.72. The van der Waals surface area contributed by atoms with Crippen molar-refractivity contribution in [3.63, 3.8) is 0 Å². The van der Waals surface area contributed by atoms with Gasteiger partial charge in [0.1, 0.15) is 40.2 Å². The molecule has 0 saturated carbocycles. The fourth-order valence-corrected chi connectivity index (χ4v) is 9.36. The molecular formula is C45H27Cl4F3O14S. The van der Waals surface area contributed by atoms with Crippen molar-refractivity contribution in [3.05, 3.63) is 162 Å². The number of methoxy groups -OCH3 is 2. The van der Waals surface area contributed by atoms with Gasteiger partial charge in [0.15, 0.2) is 30.5 Å². The van der Waals surface area contributed by atoms with Gasteiger partial charge < -0.3 is 47.2 Å². The second-order valence-electron chi connectivity index (χ2n) is 14.7. The summed E-state index contributed by atoms with van der Waals surface area (Å²) in [4.78, 5) is 25.7. The third kappa shape index (κ3) is 7.47. The zero-order valence-electron chi connectivity index (χ0n) is 34.0. The van der Waals surface area contributed by atoms with Crippen LogP contribution in [-0.4, -0.2) is 58.8 Å². The van der Waals surface area contributed by atoms with Gasteiger partial charge in [-0.25, -0.2) is 9.59 Å². The van der Waals surface area contributed by atoms with Crippen LogP contribution < -0.4 is 23.1 Å². The van der Waals surface area contributed by atoms with E-state index in [1.54, 1.807) is 42.5 Å². The number of phenolic OH excluding ortho intramolecular Hbond substituents is 1. The normalized spacial score (nSPS) is 18.1. The molecule has 0 fully saturated rings. The number of esters is 2. The van der Waals surface area contributed by atoms with Gasteiger partial charge in [-0.15, -0.1) is 0 Å². The van der Waals surface area contributed by atoms with E-state index in [1.165, 1.54) is 44.6 Å². The van der Waals surface area contributed by atoms with E-state index in [-0.39, 0.29) is 63.3 Å². The lowest BCUT2D eigenvalue weighted by Crippen LogP contribution is -2.33. The van der Waals surface area contributed by atoms with Gasteiger partial charge in [0.2, 0.25) is 0 Å². The highest BCUT2D eigenvalue weighted by molar-refractivity contribution is 7.88. The van der Waals surface area contributed by atoms with E-state index in [9.17, 15) is 36.3 Å². The van der Waals surface area contributed by atoms with E-state index in [4.69, 9.17) is 84.3 Å². The molecule has 2 unspecified atom stereocenters. The Morgan fingerprint density at radius 3 is 1.36 bits per heavy atom. The number of carbonyl (C=O) groups is 2. The molecular weight excluding hydrogens is 995 g/mol. The molecule has 2 atom stereocenters. The molecule has 1 N–H and O–H groups in total. The number of ether oxygens (including phenoxy) is 8. The zero-order valence-corrected chi connectivity index (χ0v) is 37.8. The lowest BCUT2D eigenvalue weighted by atomic mass is 9.77. The molecule has 4 aliphatic rings. The lowest BCUT2D eigenvalue weighted by Gasteiger charge is -2.37. The molecule has 67 heavy (non-hydrogen) atoms. The van der Waals surface area contributed by atoms with Crippen LogP contribution in [0.2, 0.25) is 20.1 Å². The average Bonchev–Trinajstić information content (AvgIpc) is 3.75. The van der Waals surface area contributed by atoms with Crippen LogP contribution in [-0.2, 0) is 40.3 Å². The van der Waals surface area contributed by atoms with E-state index < -0.39 is 49.5 Å². The van der Waals surface area contributed by atoms with Gasteiger partial charge in [-0.2, -0.15) is 21.6 Å². The lowest BCUT2D eigenvalue weighted by molar-refractivity contribution is -0.0500. The number of halogens is 7. The quantitative estimate of drug-likeness (QED) is 0.0661. The molecule has 10 rings (SSSR count). The molecule has 6 aromatic carbocycles. The Morgan fingerprint density at radius 1 is 0.567 bits per heavy atom. The smallest absolute Gasteiger partial charge is 0.506 e. The van der Waals surface area contributed by atoms with Crippen LogP contribution in [0.25, 0.3) is 0 Å². The maximum atomic E-state index is 12.9. The van der Waals surface area contributed by atoms with Gasteiger partial charge in [-0.1, -0.05) is 82.8 Å². The maximum Gasteiger partial charge on any atom is 0.534 e. The molecule has 0 radical (unpaired) electrons. The van der Waals surface area contributed by atoms with E-state index in [0.29, 0.717) is 50.1 Å². The summed E-state index contributed by atoms with van der Waals surface area (Å²) in [5.74, 6) is -1.18. The number of carbonyl (C=O) groups excluding carboxylic acids is 2. The minimum atomic E-state index is -6.04. The number of rotatable bonds is 8.